The van der Waals surface area contributed by atoms with Gasteiger partial charge in [0, 0.05) is 6.54 Å². The SMILES string of the molecule is CCn1c(SC(C)C(N)=O)nnc1-c1ccoc1. The highest BCUT2D eigenvalue weighted by atomic mass is 32.2. The molecule has 96 valence electrons. The van der Waals surface area contributed by atoms with Gasteiger partial charge in [0.25, 0.3) is 0 Å². The number of primary amides is 1. The van der Waals surface area contributed by atoms with Gasteiger partial charge < -0.3 is 14.7 Å². The van der Waals surface area contributed by atoms with Gasteiger partial charge in [-0.1, -0.05) is 11.8 Å². The second-order valence-corrected chi connectivity index (χ2v) is 5.03. The molecule has 1 atom stereocenters. The second kappa shape index (κ2) is 5.26. The minimum Gasteiger partial charge on any atom is -0.472 e. The fraction of sp³-hybridized carbons (Fsp3) is 0.364. The van der Waals surface area contributed by atoms with Gasteiger partial charge >= 0.3 is 0 Å². The highest BCUT2D eigenvalue weighted by Gasteiger charge is 2.18. The number of rotatable bonds is 5. The maximum Gasteiger partial charge on any atom is 0.230 e. The molecule has 0 fully saturated rings. The van der Waals surface area contributed by atoms with Gasteiger partial charge in [-0.2, -0.15) is 0 Å². The van der Waals surface area contributed by atoms with Crippen molar-refractivity contribution in [3.8, 4) is 11.4 Å². The third-order valence-electron chi connectivity index (χ3n) is 2.50. The van der Waals surface area contributed by atoms with Gasteiger partial charge in [0.2, 0.25) is 5.91 Å². The van der Waals surface area contributed by atoms with Crippen LogP contribution in [-0.4, -0.2) is 25.9 Å². The van der Waals surface area contributed by atoms with E-state index in [0.29, 0.717) is 11.7 Å². The molecule has 0 saturated heterocycles. The van der Waals surface area contributed by atoms with Crippen molar-refractivity contribution >= 4 is 17.7 Å². The number of furan rings is 1. The Kier molecular flexibility index (Phi) is 3.71. The largest absolute Gasteiger partial charge is 0.472 e. The average molecular weight is 266 g/mol. The zero-order valence-electron chi connectivity index (χ0n) is 10.2. The highest BCUT2D eigenvalue weighted by Crippen LogP contribution is 2.26. The summed E-state index contributed by atoms with van der Waals surface area (Å²) in [6.07, 6.45) is 3.20. The first-order valence-corrected chi connectivity index (χ1v) is 6.43. The summed E-state index contributed by atoms with van der Waals surface area (Å²) in [6.45, 7) is 4.45. The van der Waals surface area contributed by atoms with Crippen molar-refractivity contribution in [3.63, 3.8) is 0 Å². The molecule has 0 bridgehead atoms. The Balaban J connectivity index is 2.30. The Morgan fingerprint density at radius 3 is 2.94 bits per heavy atom. The molecule has 0 saturated carbocycles. The average Bonchev–Trinajstić information content (AvgIpc) is 2.96. The third kappa shape index (κ3) is 2.40. The molecule has 2 N–H and O–H groups in total. The van der Waals surface area contributed by atoms with Gasteiger partial charge in [-0.05, 0) is 19.9 Å². The van der Waals surface area contributed by atoms with E-state index in [9.17, 15) is 4.79 Å². The molecule has 0 aliphatic carbocycles. The predicted molar refractivity (Wildman–Crippen MR) is 67.9 cm³/mol. The predicted octanol–water partition coefficient (Wildman–Crippen LogP) is 1.52. The molecule has 0 radical (unpaired) electrons. The lowest BCUT2D eigenvalue weighted by molar-refractivity contribution is -0.117. The summed E-state index contributed by atoms with van der Waals surface area (Å²) in [6, 6.07) is 1.82. The van der Waals surface area contributed by atoms with Crippen LogP contribution in [0.3, 0.4) is 0 Å². The standard InChI is InChI=1S/C11H14N4O2S/c1-3-15-10(8-4-5-17-6-8)13-14-11(15)18-7(2)9(12)16/h4-7H,3H2,1-2H3,(H2,12,16). The van der Waals surface area contributed by atoms with E-state index in [1.54, 1.807) is 19.5 Å². The van der Waals surface area contributed by atoms with E-state index in [-0.39, 0.29) is 11.2 Å². The van der Waals surface area contributed by atoms with Crippen molar-refractivity contribution in [1.82, 2.24) is 14.8 Å². The summed E-state index contributed by atoms with van der Waals surface area (Å²) in [5.74, 6) is 0.362. The number of nitrogens with zero attached hydrogens (tertiary/aromatic N) is 3. The number of hydrogen-bond acceptors (Lipinski definition) is 5. The van der Waals surface area contributed by atoms with Crippen LogP contribution in [0, 0.1) is 0 Å². The molecule has 0 aromatic carbocycles. The van der Waals surface area contributed by atoms with Gasteiger partial charge in [0.15, 0.2) is 11.0 Å². The first kappa shape index (κ1) is 12.7. The molecule has 2 aromatic rings. The van der Waals surface area contributed by atoms with Crippen molar-refractivity contribution in [2.45, 2.75) is 30.8 Å². The summed E-state index contributed by atoms with van der Waals surface area (Å²) >= 11 is 1.31. The van der Waals surface area contributed by atoms with E-state index >= 15 is 0 Å². The smallest absolute Gasteiger partial charge is 0.230 e. The molecular weight excluding hydrogens is 252 g/mol. The Labute approximate surface area is 109 Å². The number of amides is 1. The summed E-state index contributed by atoms with van der Waals surface area (Å²) in [4.78, 5) is 11.1. The van der Waals surface area contributed by atoms with Crippen LogP contribution in [0.1, 0.15) is 13.8 Å². The molecule has 0 aliphatic heterocycles. The lowest BCUT2D eigenvalue weighted by atomic mass is 10.3. The third-order valence-corrected chi connectivity index (χ3v) is 3.59. The minimum atomic E-state index is -0.365. The topological polar surface area (TPSA) is 86.9 Å². The zero-order chi connectivity index (χ0) is 13.1. The first-order chi connectivity index (χ1) is 8.63. The lowest BCUT2D eigenvalue weighted by Crippen LogP contribution is -2.23. The van der Waals surface area contributed by atoms with E-state index in [1.807, 2.05) is 17.6 Å². The van der Waals surface area contributed by atoms with Crippen LogP contribution in [0.15, 0.2) is 28.2 Å². The normalized spacial score (nSPS) is 12.6. The van der Waals surface area contributed by atoms with E-state index in [4.69, 9.17) is 10.2 Å². The molecule has 18 heavy (non-hydrogen) atoms. The molecule has 2 aromatic heterocycles. The maximum atomic E-state index is 11.1. The lowest BCUT2D eigenvalue weighted by Gasteiger charge is -2.08. The van der Waals surface area contributed by atoms with Crippen LogP contribution in [0.4, 0.5) is 0 Å². The van der Waals surface area contributed by atoms with E-state index in [1.165, 1.54) is 11.8 Å². The number of carbonyl (C=O) groups is 1. The number of thioether (sulfide) groups is 1. The van der Waals surface area contributed by atoms with E-state index < -0.39 is 0 Å². The van der Waals surface area contributed by atoms with Crippen LogP contribution in [0.25, 0.3) is 11.4 Å². The Morgan fingerprint density at radius 1 is 1.61 bits per heavy atom. The van der Waals surface area contributed by atoms with E-state index in [2.05, 4.69) is 10.2 Å². The quantitative estimate of drug-likeness (QED) is 0.829. The van der Waals surface area contributed by atoms with Crippen molar-refractivity contribution in [3.05, 3.63) is 18.6 Å². The molecule has 0 spiro atoms. The van der Waals surface area contributed by atoms with Crippen molar-refractivity contribution in [2.24, 2.45) is 5.73 Å². The second-order valence-electron chi connectivity index (χ2n) is 3.72. The number of nitrogens with two attached hydrogens (primary N) is 1. The zero-order valence-corrected chi connectivity index (χ0v) is 11.0. The van der Waals surface area contributed by atoms with Crippen LogP contribution in [0.2, 0.25) is 0 Å². The van der Waals surface area contributed by atoms with Gasteiger partial charge in [0.1, 0.15) is 6.26 Å². The van der Waals surface area contributed by atoms with Gasteiger partial charge in [0.05, 0.1) is 17.1 Å². The molecular formula is C11H14N4O2S. The Hall–Kier alpha value is -1.76. The maximum absolute atomic E-state index is 11.1. The Morgan fingerprint density at radius 2 is 2.39 bits per heavy atom. The molecule has 1 amide bonds. The monoisotopic (exact) mass is 266 g/mol. The fourth-order valence-electron chi connectivity index (χ4n) is 1.48. The first-order valence-electron chi connectivity index (χ1n) is 5.55. The minimum absolute atomic E-state index is 0.336. The summed E-state index contributed by atoms with van der Waals surface area (Å²) in [5, 5.41) is 8.56. The van der Waals surface area contributed by atoms with Gasteiger partial charge in [-0.15, -0.1) is 10.2 Å². The fourth-order valence-corrected chi connectivity index (χ4v) is 2.35. The van der Waals surface area contributed by atoms with Crippen LogP contribution in [0.5, 0.6) is 0 Å². The summed E-state index contributed by atoms with van der Waals surface area (Å²) in [7, 11) is 0. The molecule has 0 aliphatic rings. The van der Waals surface area contributed by atoms with Crippen LogP contribution >= 0.6 is 11.8 Å². The van der Waals surface area contributed by atoms with E-state index in [0.717, 1.165) is 11.4 Å². The Bertz CT molecular complexity index is 535. The van der Waals surface area contributed by atoms with Crippen molar-refractivity contribution in [2.75, 3.05) is 0 Å². The van der Waals surface area contributed by atoms with Gasteiger partial charge in [-0.25, -0.2) is 0 Å². The summed E-state index contributed by atoms with van der Waals surface area (Å²) in [5.41, 5.74) is 6.11. The number of carbonyl (C=O) groups excluding carboxylic acids is 1. The van der Waals surface area contributed by atoms with Crippen LogP contribution < -0.4 is 5.73 Å². The van der Waals surface area contributed by atoms with Crippen molar-refractivity contribution < 1.29 is 9.21 Å². The molecule has 7 heteroatoms. The van der Waals surface area contributed by atoms with Crippen LogP contribution in [-0.2, 0) is 11.3 Å². The van der Waals surface area contributed by atoms with Gasteiger partial charge in [-0.3, -0.25) is 4.79 Å². The number of aromatic nitrogens is 3. The number of hydrogen-bond donors (Lipinski definition) is 1. The molecule has 1 unspecified atom stereocenters. The molecule has 6 nitrogen and oxygen atoms in total. The molecule has 2 rings (SSSR count). The summed E-state index contributed by atoms with van der Waals surface area (Å²) < 4.78 is 6.96. The van der Waals surface area contributed by atoms with Crippen molar-refractivity contribution in [1.29, 1.82) is 0 Å². The molecule has 2 heterocycles. The highest BCUT2D eigenvalue weighted by molar-refractivity contribution is 8.00.